The number of rotatable bonds is 5. The Kier molecular flexibility index (Phi) is 14.6. The molecule has 0 saturated heterocycles. The molecule has 0 aromatic carbocycles. The van der Waals surface area contributed by atoms with E-state index in [9.17, 15) is 19.8 Å². The summed E-state index contributed by atoms with van der Waals surface area (Å²) >= 11 is 0. The van der Waals surface area contributed by atoms with Crippen molar-refractivity contribution in [1.29, 1.82) is 0 Å². The van der Waals surface area contributed by atoms with Gasteiger partial charge in [0.1, 0.15) is 24.4 Å². The number of carbonyl (C=O) groups excluding carboxylic acids is 2. The Balaban J connectivity index is -0.000000845. The molecule has 0 aromatic rings. The fourth-order valence-electron chi connectivity index (χ4n) is 0.652. The van der Waals surface area contributed by atoms with Gasteiger partial charge in [0.15, 0.2) is 0 Å². The van der Waals surface area contributed by atoms with Crippen LogP contribution in [0.1, 0.15) is 0 Å². The molecule has 0 saturated carbocycles. The van der Waals surface area contributed by atoms with Crippen LogP contribution in [0.15, 0.2) is 0 Å². The van der Waals surface area contributed by atoms with Crippen molar-refractivity contribution in [2.24, 2.45) is 0 Å². The number of carboxylic acids is 2. The molecule has 4 atom stereocenters. The van der Waals surface area contributed by atoms with E-state index in [4.69, 9.17) is 20.4 Å². The van der Waals surface area contributed by atoms with E-state index >= 15 is 0 Å². The maximum atomic E-state index is 9.96. The van der Waals surface area contributed by atoms with Crippen LogP contribution in [0.25, 0.3) is 0 Å². The maximum absolute atomic E-state index is 9.96. The molecule has 0 unspecified atom stereocenters. The van der Waals surface area contributed by atoms with Gasteiger partial charge < -0.3 is 40.2 Å². The fourth-order valence-corrected chi connectivity index (χ4v) is 0.652. The molecule has 0 aliphatic carbocycles. The average molecular weight is 270 g/mol. The van der Waals surface area contributed by atoms with E-state index in [0.29, 0.717) is 0 Å². The van der Waals surface area contributed by atoms with Crippen LogP contribution in [-0.2, 0) is 9.59 Å². The summed E-state index contributed by atoms with van der Waals surface area (Å²) < 4.78 is 0. The van der Waals surface area contributed by atoms with Crippen molar-refractivity contribution < 1.29 is 121 Å². The van der Waals surface area contributed by atoms with Crippen LogP contribution in [0.3, 0.4) is 0 Å². The average Bonchev–Trinajstić information content (AvgIpc) is 2.12. The Morgan fingerprint density at radius 1 is 0.812 bits per heavy atom. The molecule has 0 bridgehead atoms. The number of aliphatic hydroxyl groups excluding tert-OH is 4. The molecule has 0 aliphatic rings. The number of carbonyl (C=O) groups is 2. The van der Waals surface area contributed by atoms with E-state index in [1.54, 1.807) is 0 Å². The number of aliphatic hydroxyl groups is 4. The summed E-state index contributed by atoms with van der Waals surface area (Å²) in [5, 5.41) is 54.7. The molecular weight excluding hydrogens is 262 g/mol. The molecule has 0 rings (SSSR count). The largest absolute Gasteiger partial charge is 1.00 e. The molecule has 0 radical (unpaired) electrons. The normalized spacial score (nSPS) is 17.0. The van der Waals surface area contributed by atoms with E-state index in [1.165, 1.54) is 0 Å². The summed E-state index contributed by atoms with van der Waals surface area (Å²) in [6.07, 6.45) is -9.76. The van der Waals surface area contributed by atoms with Crippen molar-refractivity contribution in [2.45, 2.75) is 24.4 Å². The molecule has 0 heterocycles. The molecular formula is C6H8KNaO8. The van der Waals surface area contributed by atoms with Crippen molar-refractivity contribution in [3.63, 3.8) is 0 Å². The predicted octanol–water partition coefficient (Wildman–Crippen LogP) is -12.1. The van der Waals surface area contributed by atoms with Gasteiger partial charge >= 0.3 is 80.9 Å². The van der Waals surface area contributed by atoms with Gasteiger partial charge in [-0.05, 0) is 0 Å². The van der Waals surface area contributed by atoms with Crippen LogP contribution < -0.4 is 91.2 Å². The molecule has 0 aliphatic heterocycles. The van der Waals surface area contributed by atoms with E-state index in [-0.39, 0.29) is 80.9 Å². The van der Waals surface area contributed by atoms with Crippen molar-refractivity contribution in [3.8, 4) is 0 Å². The summed E-state index contributed by atoms with van der Waals surface area (Å²) in [6.45, 7) is 0. The monoisotopic (exact) mass is 270 g/mol. The van der Waals surface area contributed by atoms with Gasteiger partial charge in [0, 0.05) is 0 Å². The Bertz CT molecular complexity index is 213. The summed E-state index contributed by atoms with van der Waals surface area (Å²) in [7, 11) is 0. The molecule has 0 fully saturated rings. The van der Waals surface area contributed by atoms with Gasteiger partial charge in [0.25, 0.3) is 0 Å². The third-order valence-electron chi connectivity index (χ3n) is 1.48. The van der Waals surface area contributed by atoms with Gasteiger partial charge in [0.2, 0.25) is 0 Å². The number of hydrogen-bond acceptors (Lipinski definition) is 8. The van der Waals surface area contributed by atoms with Crippen LogP contribution in [0.5, 0.6) is 0 Å². The Hall–Kier alpha value is 1.42. The third-order valence-corrected chi connectivity index (χ3v) is 1.48. The van der Waals surface area contributed by atoms with Gasteiger partial charge in [-0.3, -0.25) is 0 Å². The summed E-state index contributed by atoms with van der Waals surface area (Å²) in [6, 6.07) is 0. The molecule has 8 nitrogen and oxygen atoms in total. The minimum Gasteiger partial charge on any atom is -0.547 e. The van der Waals surface area contributed by atoms with Crippen molar-refractivity contribution in [3.05, 3.63) is 0 Å². The van der Waals surface area contributed by atoms with Crippen LogP contribution in [-0.4, -0.2) is 56.8 Å². The molecule has 82 valence electrons. The second-order valence-corrected chi connectivity index (χ2v) is 2.51. The van der Waals surface area contributed by atoms with Crippen LogP contribution in [0.2, 0.25) is 0 Å². The standard InChI is InChI=1S/C6H10O8.K.Na/c7-1(3(9)5(11)12)2(8)4(10)6(13)14;;/h1-4,7-10H,(H,11,12)(H,13,14);;/q;2*+1/p-2/t1-,2-,3-,4+;;/m0../s1. The second-order valence-electron chi connectivity index (χ2n) is 2.51. The first-order chi connectivity index (χ1) is 6.29. The van der Waals surface area contributed by atoms with E-state index in [0.717, 1.165) is 0 Å². The van der Waals surface area contributed by atoms with E-state index in [1.807, 2.05) is 0 Å². The van der Waals surface area contributed by atoms with Crippen molar-refractivity contribution in [1.82, 2.24) is 0 Å². The minimum atomic E-state index is -2.50. The summed E-state index contributed by atoms with van der Waals surface area (Å²) in [5.41, 5.74) is 0. The molecule has 0 amide bonds. The SMILES string of the molecule is O=C([O-])[C@@H](O)[C@@H](O)[C@H](O)[C@@H](O)C(=O)[O-].[K+].[Na+]. The topological polar surface area (TPSA) is 161 Å². The molecule has 10 heteroatoms. The first kappa shape index (κ1) is 22.6. The smallest absolute Gasteiger partial charge is 0.547 e. The molecule has 4 N–H and O–H groups in total. The van der Waals surface area contributed by atoms with Crippen LogP contribution in [0, 0.1) is 0 Å². The maximum Gasteiger partial charge on any atom is 1.00 e. The first-order valence-electron chi connectivity index (χ1n) is 3.43. The molecule has 0 aromatic heterocycles. The van der Waals surface area contributed by atoms with Gasteiger partial charge in [-0.2, -0.15) is 0 Å². The predicted molar refractivity (Wildman–Crippen MR) is 34.0 cm³/mol. The Labute approximate surface area is 155 Å². The van der Waals surface area contributed by atoms with Gasteiger partial charge in [0.05, 0.1) is 11.9 Å². The van der Waals surface area contributed by atoms with Gasteiger partial charge in [-0.25, -0.2) is 0 Å². The minimum absolute atomic E-state index is 0. The number of hydrogen-bond donors (Lipinski definition) is 4. The first-order valence-corrected chi connectivity index (χ1v) is 3.43. The Morgan fingerprint density at radius 2 is 1.00 bits per heavy atom. The zero-order valence-corrected chi connectivity index (χ0v) is 13.9. The van der Waals surface area contributed by atoms with Crippen molar-refractivity contribution in [2.75, 3.05) is 0 Å². The van der Waals surface area contributed by atoms with Crippen LogP contribution >= 0.6 is 0 Å². The third kappa shape index (κ3) is 6.99. The fraction of sp³-hybridized carbons (Fsp3) is 0.667. The van der Waals surface area contributed by atoms with Gasteiger partial charge in [-0.1, -0.05) is 0 Å². The summed E-state index contributed by atoms with van der Waals surface area (Å²) in [5.74, 6) is -4.22. The second kappa shape index (κ2) is 10.3. The van der Waals surface area contributed by atoms with Gasteiger partial charge in [-0.15, -0.1) is 0 Å². The number of aliphatic carboxylic acids is 2. The quantitative estimate of drug-likeness (QED) is 0.358. The van der Waals surface area contributed by atoms with E-state index in [2.05, 4.69) is 0 Å². The zero-order chi connectivity index (χ0) is 11.5. The zero-order valence-electron chi connectivity index (χ0n) is 8.73. The Morgan fingerprint density at radius 3 is 1.12 bits per heavy atom. The van der Waals surface area contributed by atoms with E-state index < -0.39 is 36.4 Å². The molecule has 16 heavy (non-hydrogen) atoms. The summed E-state index contributed by atoms with van der Waals surface area (Å²) in [4.78, 5) is 19.9. The van der Waals surface area contributed by atoms with Crippen molar-refractivity contribution >= 4 is 11.9 Å². The van der Waals surface area contributed by atoms with Crippen LogP contribution in [0.4, 0.5) is 0 Å². The number of carboxylic acid groups (broad SMARTS) is 2. The molecule has 0 spiro atoms.